The topological polar surface area (TPSA) is 74.6 Å². The minimum Gasteiger partial charge on any atom is -0.306 e. The van der Waals surface area contributed by atoms with E-state index < -0.39 is 32.7 Å². The van der Waals surface area contributed by atoms with Crippen LogP contribution in [0.3, 0.4) is 0 Å². The highest BCUT2D eigenvalue weighted by Gasteiger charge is 2.33. The quantitative estimate of drug-likeness (QED) is 0.662. The predicted octanol–water partition coefficient (Wildman–Crippen LogP) is 0.741. The second-order valence-corrected chi connectivity index (χ2v) is 5.23. The van der Waals surface area contributed by atoms with Crippen LogP contribution in [0, 0.1) is 0 Å². The molecule has 0 spiro atoms. The third-order valence-corrected chi connectivity index (χ3v) is 4.50. The fraction of sp³-hybridized carbons (Fsp3) is 1.00. The summed E-state index contributed by atoms with van der Waals surface area (Å²) in [5.41, 5.74) is 0. The molecule has 4 nitrogen and oxygen atoms in total. The first-order valence-electron chi connectivity index (χ1n) is 3.82. The van der Waals surface area contributed by atoms with Crippen molar-refractivity contribution in [2.75, 3.05) is 0 Å². The van der Waals surface area contributed by atoms with Crippen molar-refractivity contribution < 1.29 is 17.5 Å². The molecule has 0 aromatic heterocycles. The minimum atomic E-state index is -1.96. The van der Waals surface area contributed by atoms with E-state index in [-0.39, 0.29) is 0 Å². The van der Waals surface area contributed by atoms with Crippen molar-refractivity contribution >= 4 is 22.2 Å². The third-order valence-electron chi connectivity index (χ3n) is 2.16. The van der Waals surface area contributed by atoms with Gasteiger partial charge in [0, 0.05) is 0 Å². The van der Waals surface area contributed by atoms with Crippen molar-refractivity contribution in [3.63, 3.8) is 0 Å². The molecular weight excluding hydrogens is 200 g/mol. The van der Waals surface area contributed by atoms with Crippen LogP contribution in [0.15, 0.2) is 0 Å². The zero-order valence-corrected chi connectivity index (χ0v) is 8.14. The highest BCUT2D eigenvalue weighted by Crippen LogP contribution is 2.25. The van der Waals surface area contributed by atoms with Gasteiger partial charge in [0.05, 0.1) is 10.5 Å². The normalized spacial score (nSPS) is 35.8. The molecule has 0 saturated heterocycles. The molecule has 4 atom stereocenters. The zero-order valence-electron chi connectivity index (χ0n) is 6.51. The lowest BCUT2D eigenvalue weighted by Gasteiger charge is -2.25. The Morgan fingerprint density at radius 3 is 1.50 bits per heavy atom. The summed E-state index contributed by atoms with van der Waals surface area (Å²) in [6, 6.07) is 0. The second-order valence-electron chi connectivity index (χ2n) is 2.91. The van der Waals surface area contributed by atoms with Crippen molar-refractivity contribution in [1.82, 2.24) is 0 Å². The summed E-state index contributed by atoms with van der Waals surface area (Å²) < 4.78 is 39.1. The molecule has 2 N–H and O–H groups in total. The molecule has 4 unspecified atom stereocenters. The summed E-state index contributed by atoms with van der Waals surface area (Å²) >= 11 is -3.91. The van der Waals surface area contributed by atoms with Crippen molar-refractivity contribution in [3.8, 4) is 0 Å². The summed E-state index contributed by atoms with van der Waals surface area (Å²) in [5.74, 6) is 0. The van der Waals surface area contributed by atoms with Gasteiger partial charge < -0.3 is 9.11 Å². The minimum absolute atomic E-state index is 0.510. The Kier molecular flexibility index (Phi) is 3.82. The number of hydrogen-bond donors (Lipinski definition) is 2. The standard InChI is InChI=1S/C6H12O4S2/c7-11(8)5-3-1-2-4-6(5)12(9)10/h5-6H,1-4H2,(H,7,8)(H,9,10). The summed E-state index contributed by atoms with van der Waals surface area (Å²) in [5, 5.41) is -1.02. The average Bonchev–Trinajstić information content (AvgIpc) is 2.04. The molecule has 0 aromatic carbocycles. The van der Waals surface area contributed by atoms with Crippen LogP contribution in [-0.2, 0) is 22.2 Å². The van der Waals surface area contributed by atoms with Gasteiger partial charge in [0.2, 0.25) is 0 Å². The smallest absolute Gasteiger partial charge is 0.157 e. The molecule has 0 amide bonds. The second kappa shape index (κ2) is 4.45. The van der Waals surface area contributed by atoms with Gasteiger partial charge in [0.15, 0.2) is 22.2 Å². The fourth-order valence-corrected chi connectivity index (χ4v) is 3.62. The van der Waals surface area contributed by atoms with Crippen LogP contribution in [0.5, 0.6) is 0 Å². The van der Waals surface area contributed by atoms with E-state index in [2.05, 4.69) is 0 Å². The van der Waals surface area contributed by atoms with Crippen LogP contribution in [-0.4, -0.2) is 28.0 Å². The highest BCUT2D eigenvalue weighted by molar-refractivity contribution is 7.84. The maximum Gasteiger partial charge on any atom is 0.157 e. The molecule has 0 heterocycles. The van der Waals surface area contributed by atoms with Gasteiger partial charge in [-0.25, -0.2) is 8.42 Å². The SMILES string of the molecule is O=S(O)C1CCCCC1S(=O)O. The van der Waals surface area contributed by atoms with Gasteiger partial charge >= 0.3 is 0 Å². The third kappa shape index (κ3) is 2.35. The van der Waals surface area contributed by atoms with E-state index in [1.807, 2.05) is 0 Å². The first kappa shape index (κ1) is 10.3. The molecule has 1 rings (SSSR count). The van der Waals surface area contributed by atoms with Gasteiger partial charge in [-0.15, -0.1) is 0 Å². The Bertz CT molecular complexity index is 184. The molecule has 1 aliphatic rings. The predicted molar refractivity (Wildman–Crippen MR) is 47.6 cm³/mol. The first-order chi connectivity index (χ1) is 5.63. The molecule has 12 heavy (non-hydrogen) atoms. The molecule has 0 aliphatic heterocycles. The van der Waals surface area contributed by atoms with E-state index in [0.29, 0.717) is 12.8 Å². The van der Waals surface area contributed by atoms with Crippen LogP contribution < -0.4 is 0 Å². The summed E-state index contributed by atoms with van der Waals surface area (Å²) in [6.45, 7) is 0. The molecule has 0 bridgehead atoms. The fourth-order valence-electron chi connectivity index (χ4n) is 1.52. The average molecular weight is 212 g/mol. The Hall–Kier alpha value is 0.220. The molecule has 0 aromatic rings. The van der Waals surface area contributed by atoms with Crippen molar-refractivity contribution in [3.05, 3.63) is 0 Å². The van der Waals surface area contributed by atoms with E-state index in [1.165, 1.54) is 0 Å². The molecule has 1 aliphatic carbocycles. The van der Waals surface area contributed by atoms with Crippen LogP contribution in [0.25, 0.3) is 0 Å². The lowest BCUT2D eigenvalue weighted by molar-refractivity contribution is 0.452. The molecule has 1 saturated carbocycles. The van der Waals surface area contributed by atoms with E-state index >= 15 is 0 Å². The molecular formula is C6H12O4S2. The van der Waals surface area contributed by atoms with Gasteiger partial charge in [0.25, 0.3) is 0 Å². The molecule has 1 fully saturated rings. The lowest BCUT2D eigenvalue weighted by Crippen LogP contribution is -2.36. The van der Waals surface area contributed by atoms with Gasteiger partial charge in [0.1, 0.15) is 0 Å². The summed E-state index contributed by atoms with van der Waals surface area (Å²) in [6.07, 6.45) is 2.93. The van der Waals surface area contributed by atoms with Gasteiger partial charge in [-0.2, -0.15) is 0 Å². The highest BCUT2D eigenvalue weighted by atomic mass is 32.2. The van der Waals surface area contributed by atoms with Gasteiger partial charge in [-0.05, 0) is 12.8 Å². The maximum absolute atomic E-state index is 10.7. The van der Waals surface area contributed by atoms with Gasteiger partial charge in [-0.3, -0.25) is 0 Å². The van der Waals surface area contributed by atoms with Gasteiger partial charge in [-0.1, -0.05) is 12.8 Å². The Labute approximate surface area is 76.3 Å². The Balaban J connectivity index is 2.67. The van der Waals surface area contributed by atoms with Crippen LogP contribution in [0.4, 0.5) is 0 Å². The van der Waals surface area contributed by atoms with E-state index in [0.717, 1.165) is 12.8 Å². The van der Waals surface area contributed by atoms with E-state index in [9.17, 15) is 8.42 Å². The summed E-state index contributed by atoms with van der Waals surface area (Å²) in [4.78, 5) is 0. The van der Waals surface area contributed by atoms with Crippen LogP contribution in [0.1, 0.15) is 25.7 Å². The monoisotopic (exact) mass is 212 g/mol. The lowest BCUT2D eigenvalue weighted by atomic mass is 10.00. The van der Waals surface area contributed by atoms with E-state index in [4.69, 9.17) is 9.11 Å². The number of rotatable bonds is 2. The number of hydrogen-bond acceptors (Lipinski definition) is 2. The maximum atomic E-state index is 10.7. The van der Waals surface area contributed by atoms with Crippen LogP contribution >= 0.6 is 0 Å². The van der Waals surface area contributed by atoms with Crippen molar-refractivity contribution in [2.45, 2.75) is 36.2 Å². The summed E-state index contributed by atoms with van der Waals surface area (Å²) in [7, 11) is 0. The van der Waals surface area contributed by atoms with Crippen molar-refractivity contribution in [1.29, 1.82) is 0 Å². The molecule has 6 heteroatoms. The zero-order chi connectivity index (χ0) is 9.14. The largest absolute Gasteiger partial charge is 0.306 e. The van der Waals surface area contributed by atoms with Crippen LogP contribution in [0.2, 0.25) is 0 Å². The molecule has 0 radical (unpaired) electrons. The van der Waals surface area contributed by atoms with Crippen molar-refractivity contribution in [2.24, 2.45) is 0 Å². The first-order valence-corrected chi connectivity index (χ1v) is 6.16. The van der Waals surface area contributed by atoms with E-state index in [1.54, 1.807) is 0 Å². The Morgan fingerprint density at radius 1 is 0.917 bits per heavy atom. The molecule has 72 valence electrons. The Morgan fingerprint density at radius 2 is 1.25 bits per heavy atom.